The fourth-order valence-corrected chi connectivity index (χ4v) is 2.99. The van der Waals surface area contributed by atoms with E-state index in [-0.39, 0.29) is 27.5 Å². The minimum atomic E-state index is -4.57. The summed E-state index contributed by atoms with van der Waals surface area (Å²) in [4.78, 5) is 3.98. The monoisotopic (exact) mass is 384 g/mol. The van der Waals surface area contributed by atoms with E-state index in [1.165, 1.54) is 6.20 Å². The van der Waals surface area contributed by atoms with E-state index in [4.69, 9.17) is 11.6 Å². The fraction of sp³-hybridized carbons (Fsp3) is 0.412. The summed E-state index contributed by atoms with van der Waals surface area (Å²) in [5.41, 5.74) is 1.28. The lowest BCUT2D eigenvalue weighted by atomic mass is 9.93. The van der Waals surface area contributed by atoms with E-state index in [9.17, 15) is 18.3 Å². The molecule has 9 heteroatoms. The van der Waals surface area contributed by atoms with Crippen LogP contribution in [0.2, 0.25) is 5.15 Å². The molecule has 0 spiro atoms. The molecule has 3 rings (SSSR count). The first-order valence-corrected chi connectivity index (χ1v) is 8.43. The molecule has 0 radical (unpaired) electrons. The number of pyridine rings is 1. The Kier molecular flexibility index (Phi) is 5.39. The molecule has 1 saturated carbocycles. The fourth-order valence-electron chi connectivity index (χ4n) is 2.83. The van der Waals surface area contributed by atoms with Gasteiger partial charge in [0, 0.05) is 18.4 Å². The zero-order valence-electron chi connectivity index (χ0n) is 13.6. The van der Waals surface area contributed by atoms with Crippen molar-refractivity contribution in [3.63, 3.8) is 0 Å². The van der Waals surface area contributed by atoms with Crippen LogP contribution in [0.15, 0.2) is 24.7 Å². The second kappa shape index (κ2) is 7.56. The molecule has 0 amide bonds. The highest BCUT2D eigenvalue weighted by molar-refractivity contribution is 6.29. The van der Waals surface area contributed by atoms with E-state index in [1.807, 2.05) is 0 Å². The van der Waals surface area contributed by atoms with Crippen LogP contribution in [0.4, 0.5) is 18.9 Å². The number of nitrogens with one attached hydrogen (secondary N) is 1. The van der Waals surface area contributed by atoms with Crippen LogP contribution in [0.5, 0.6) is 0 Å². The highest BCUT2D eigenvalue weighted by Gasteiger charge is 2.31. The normalized spacial score (nSPS) is 20.3. The molecule has 26 heavy (non-hydrogen) atoms. The van der Waals surface area contributed by atoms with E-state index in [0.29, 0.717) is 17.7 Å². The van der Waals surface area contributed by atoms with Crippen molar-refractivity contribution >= 4 is 17.3 Å². The summed E-state index contributed by atoms with van der Waals surface area (Å²) in [7, 11) is 0. The van der Waals surface area contributed by atoms with Crippen molar-refractivity contribution in [2.75, 3.05) is 5.32 Å². The number of aliphatic hydroxyl groups is 1. The Hall–Kier alpha value is -2.24. The molecule has 0 unspecified atom stereocenters. The van der Waals surface area contributed by atoms with E-state index >= 15 is 0 Å². The number of rotatable bonds is 2. The standard InChI is InChI=1S/C17H16ClF3N4O/c18-16-7-15(24-13-2-1-3-14(26)6-13)12(9-22-16)5-4-11-8-23-25(10-11)17(19,20)21/h7-10,13-14,26H,1-3,6H2,(H,22,24)/t13-,14-/m0/s1. The average molecular weight is 385 g/mol. The summed E-state index contributed by atoms with van der Waals surface area (Å²) in [5.74, 6) is 5.46. The molecule has 0 saturated heterocycles. The van der Waals surface area contributed by atoms with Crippen molar-refractivity contribution in [3.05, 3.63) is 40.9 Å². The van der Waals surface area contributed by atoms with Gasteiger partial charge in [-0.2, -0.15) is 9.78 Å². The van der Waals surface area contributed by atoms with E-state index in [0.717, 1.165) is 31.7 Å². The van der Waals surface area contributed by atoms with Gasteiger partial charge in [0.1, 0.15) is 5.15 Å². The molecule has 2 N–H and O–H groups in total. The zero-order chi connectivity index (χ0) is 18.7. The van der Waals surface area contributed by atoms with Crippen LogP contribution >= 0.6 is 11.6 Å². The third kappa shape index (κ3) is 4.68. The molecule has 0 bridgehead atoms. The summed E-state index contributed by atoms with van der Waals surface area (Å²) >= 11 is 5.95. The smallest absolute Gasteiger partial charge is 0.393 e. The predicted octanol–water partition coefficient (Wildman–Crippen LogP) is 3.52. The van der Waals surface area contributed by atoms with Crippen LogP contribution in [0, 0.1) is 11.8 Å². The molecular formula is C17H16ClF3N4O. The van der Waals surface area contributed by atoms with Crippen LogP contribution in [-0.4, -0.2) is 32.0 Å². The SMILES string of the molecule is O[C@H]1CCC[C@H](Nc2cc(Cl)ncc2C#Cc2cnn(C(F)(F)F)c2)C1. The Balaban J connectivity index is 1.81. The summed E-state index contributed by atoms with van der Waals surface area (Å²) in [6, 6.07) is 1.69. The lowest BCUT2D eigenvalue weighted by Gasteiger charge is -2.27. The Morgan fingerprint density at radius 3 is 2.77 bits per heavy atom. The second-order valence-corrected chi connectivity index (χ2v) is 6.49. The number of aliphatic hydroxyl groups excluding tert-OH is 1. The van der Waals surface area contributed by atoms with Gasteiger partial charge in [0.25, 0.3) is 0 Å². The predicted molar refractivity (Wildman–Crippen MR) is 90.6 cm³/mol. The van der Waals surface area contributed by atoms with Gasteiger partial charge in [-0.1, -0.05) is 23.4 Å². The molecule has 0 aliphatic heterocycles. The van der Waals surface area contributed by atoms with E-state index in [1.54, 1.807) is 6.07 Å². The molecular weight excluding hydrogens is 369 g/mol. The molecule has 138 valence electrons. The second-order valence-electron chi connectivity index (χ2n) is 6.11. The summed E-state index contributed by atoms with van der Waals surface area (Å²) in [6.45, 7) is 0. The molecule has 2 atom stereocenters. The summed E-state index contributed by atoms with van der Waals surface area (Å²) in [5, 5.41) is 16.6. The minimum absolute atomic E-state index is 0.0748. The van der Waals surface area contributed by atoms with Crippen LogP contribution in [0.25, 0.3) is 0 Å². The van der Waals surface area contributed by atoms with Gasteiger partial charge < -0.3 is 10.4 Å². The molecule has 2 aromatic heterocycles. The van der Waals surface area contributed by atoms with Crippen molar-refractivity contribution in [2.45, 2.75) is 44.1 Å². The lowest BCUT2D eigenvalue weighted by Crippen LogP contribution is -2.30. The van der Waals surface area contributed by atoms with E-state index < -0.39 is 6.30 Å². The van der Waals surface area contributed by atoms with Gasteiger partial charge in [-0.05, 0) is 31.7 Å². The van der Waals surface area contributed by atoms with Gasteiger partial charge in [0.15, 0.2) is 0 Å². The topological polar surface area (TPSA) is 63.0 Å². The van der Waals surface area contributed by atoms with Crippen LogP contribution in [0.1, 0.15) is 36.8 Å². The maximum Gasteiger partial charge on any atom is 0.504 e. The zero-order valence-corrected chi connectivity index (χ0v) is 14.3. The quantitative estimate of drug-likeness (QED) is 0.614. The highest BCUT2D eigenvalue weighted by atomic mass is 35.5. The molecule has 1 aliphatic carbocycles. The van der Waals surface area contributed by atoms with Crippen molar-refractivity contribution in [3.8, 4) is 11.8 Å². The van der Waals surface area contributed by atoms with Gasteiger partial charge in [0.05, 0.1) is 29.1 Å². The highest BCUT2D eigenvalue weighted by Crippen LogP contribution is 2.25. The van der Waals surface area contributed by atoms with Gasteiger partial charge >= 0.3 is 6.30 Å². The molecule has 2 heterocycles. The molecule has 1 fully saturated rings. The average Bonchev–Trinajstić information content (AvgIpc) is 3.03. The Bertz CT molecular complexity index is 841. The van der Waals surface area contributed by atoms with Crippen molar-refractivity contribution in [2.24, 2.45) is 0 Å². The molecule has 1 aliphatic rings. The van der Waals surface area contributed by atoms with Gasteiger partial charge in [-0.15, -0.1) is 13.2 Å². The van der Waals surface area contributed by atoms with Crippen LogP contribution in [-0.2, 0) is 6.30 Å². The number of alkyl halides is 3. The maximum atomic E-state index is 12.6. The number of aromatic nitrogens is 3. The number of anilines is 1. The number of halogens is 4. The van der Waals surface area contributed by atoms with Gasteiger partial charge in [0.2, 0.25) is 0 Å². The number of hydrogen-bond acceptors (Lipinski definition) is 4. The number of nitrogens with zero attached hydrogens (tertiary/aromatic N) is 3. The molecule has 0 aromatic carbocycles. The Morgan fingerprint density at radius 1 is 1.27 bits per heavy atom. The summed E-state index contributed by atoms with van der Waals surface area (Å²) in [6.07, 6.45) is 1.63. The first kappa shape index (κ1) is 18.5. The molecule has 5 nitrogen and oxygen atoms in total. The third-order valence-electron chi connectivity index (χ3n) is 4.06. The summed E-state index contributed by atoms with van der Waals surface area (Å²) < 4.78 is 37.6. The minimum Gasteiger partial charge on any atom is -0.393 e. The van der Waals surface area contributed by atoms with Gasteiger partial charge in [-0.3, -0.25) is 0 Å². The first-order chi connectivity index (χ1) is 12.3. The Morgan fingerprint density at radius 2 is 2.08 bits per heavy atom. The Labute approximate surface area is 153 Å². The van der Waals surface area contributed by atoms with Crippen molar-refractivity contribution in [1.82, 2.24) is 14.8 Å². The van der Waals surface area contributed by atoms with Crippen molar-refractivity contribution < 1.29 is 18.3 Å². The first-order valence-electron chi connectivity index (χ1n) is 8.05. The largest absolute Gasteiger partial charge is 0.504 e. The van der Waals surface area contributed by atoms with E-state index in [2.05, 4.69) is 27.2 Å². The van der Waals surface area contributed by atoms with Crippen LogP contribution in [0.3, 0.4) is 0 Å². The maximum absolute atomic E-state index is 12.6. The number of hydrogen-bond donors (Lipinski definition) is 2. The van der Waals surface area contributed by atoms with Crippen LogP contribution < -0.4 is 5.32 Å². The third-order valence-corrected chi connectivity index (χ3v) is 4.27. The van der Waals surface area contributed by atoms with Gasteiger partial charge in [-0.25, -0.2) is 4.98 Å². The molecule has 2 aromatic rings. The van der Waals surface area contributed by atoms with Crippen molar-refractivity contribution in [1.29, 1.82) is 0 Å². The lowest BCUT2D eigenvalue weighted by molar-refractivity contribution is -0.212.